The van der Waals surface area contributed by atoms with Gasteiger partial charge < -0.3 is 39.2 Å². The zero-order chi connectivity index (χ0) is 28.9. The monoisotopic (exact) mass is 564 g/mol. The van der Waals surface area contributed by atoms with Crippen LogP contribution in [0.2, 0.25) is 0 Å². The number of carboxylic acid groups (broad SMARTS) is 2. The van der Waals surface area contributed by atoms with Crippen molar-refractivity contribution in [1.82, 2.24) is 19.9 Å². The molecule has 0 aliphatic carbocycles. The molecule has 0 fully saturated rings. The van der Waals surface area contributed by atoms with E-state index < -0.39 is 45.8 Å². The van der Waals surface area contributed by atoms with Crippen molar-refractivity contribution in [3.05, 3.63) is 119 Å². The van der Waals surface area contributed by atoms with E-state index >= 15 is 0 Å². The van der Waals surface area contributed by atoms with Crippen LogP contribution in [-0.4, -0.2) is 74.1 Å². The van der Waals surface area contributed by atoms with Gasteiger partial charge in [-0.25, -0.2) is 14.4 Å². The fourth-order valence-electron chi connectivity index (χ4n) is 2.80. The number of ether oxygens (including phenoxy) is 2. The smallest absolute Gasteiger partial charge is 0.543 e. The number of aromatic nitrogens is 4. The zero-order valence-electron chi connectivity index (χ0n) is 20.8. The van der Waals surface area contributed by atoms with Crippen molar-refractivity contribution >= 4 is 47.0 Å². The third-order valence-electron chi connectivity index (χ3n) is 4.47. The summed E-state index contributed by atoms with van der Waals surface area (Å²) < 4.78 is 10.2. The molecule has 2 aromatic heterocycles. The van der Waals surface area contributed by atoms with Gasteiger partial charge in [0.05, 0.1) is 36.5 Å². The van der Waals surface area contributed by atoms with E-state index in [0.717, 1.165) is 17.7 Å². The average Bonchev–Trinajstić information content (AvgIpc) is 2.87. The Morgan fingerprint density at radius 3 is 1.80 bits per heavy atom. The fraction of sp³-hybridized carbons (Fsp3) is 0.125. The molecule has 204 valence electrons. The summed E-state index contributed by atoms with van der Waals surface area (Å²) >= 11 is 0. The van der Waals surface area contributed by atoms with Crippen LogP contribution in [0.15, 0.2) is 79.6 Å². The van der Waals surface area contributed by atoms with Crippen molar-refractivity contribution in [3.63, 3.8) is 0 Å². The van der Waals surface area contributed by atoms with E-state index in [1.165, 1.54) is 6.08 Å². The molecule has 4 N–H and O–H groups in total. The first-order chi connectivity index (χ1) is 18.5. The fourth-order valence-corrected chi connectivity index (χ4v) is 2.80. The number of methoxy groups -OCH3 is 1. The first-order valence-corrected chi connectivity index (χ1v) is 10.7. The van der Waals surface area contributed by atoms with Gasteiger partial charge in [0.15, 0.2) is 0 Å². The maximum absolute atomic E-state index is 11.2. The van der Waals surface area contributed by atoms with Crippen molar-refractivity contribution in [2.24, 2.45) is 0 Å². The maximum Gasteiger partial charge on any atom is 2.00 e. The van der Waals surface area contributed by atoms with Gasteiger partial charge in [-0.05, 0) is 11.6 Å². The van der Waals surface area contributed by atoms with Crippen LogP contribution >= 0.6 is 0 Å². The van der Waals surface area contributed by atoms with Crippen LogP contribution in [0, 0.1) is 0 Å². The number of carbonyl (C=O) groups excluding carboxylic acids is 3. The first-order valence-electron chi connectivity index (χ1n) is 10.7. The van der Waals surface area contributed by atoms with Gasteiger partial charge >= 0.3 is 40.4 Å². The number of aromatic amines is 4. The van der Waals surface area contributed by atoms with E-state index in [0.29, 0.717) is 12.2 Å². The minimum atomic E-state index is -1.59. The quantitative estimate of drug-likeness (QED) is 0.180. The number of H-pyrrole nitrogens is 4. The Bertz CT molecular complexity index is 1480. The molecule has 15 nitrogen and oxygen atoms in total. The summed E-state index contributed by atoms with van der Waals surface area (Å²) in [5.41, 5.74) is -3.25. The number of carboxylic acids is 2. The van der Waals surface area contributed by atoms with E-state index in [-0.39, 0.29) is 35.1 Å². The molecule has 0 amide bonds. The Kier molecular flexibility index (Phi) is 13.3. The summed E-state index contributed by atoms with van der Waals surface area (Å²) in [5.74, 6) is -2.87. The maximum atomic E-state index is 11.2. The van der Waals surface area contributed by atoms with Crippen LogP contribution in [0.4, 0.5) is 0 Å². The summed E-state index contributed by atoms with van der Waals surface area (Å²) in [6.07, 6.45) is 5.54. The molecule has 40 heavy (non-hydrogen) atoms. The molecule has 3 aromatic rings. The Hall–Kier alpha value is -4.96. The summed E-state index contributed by atoms with van der Waals surface area (Å²) in [6.45, 7) is 0. The van der Waals surface area contributed by atoms with Gasteiger partial charge in [0.2, 0.25) is 0 Å². The molecule has 16 heteroatoms. The van der Waals surface area contributed by atoms with E-state index in [9.17, 15) is 43.8 Å². The van der Waals surface area contributed by atoms with Crippen LogP contribution in [0.25, 0.3) is 6.08 Å². The van der Waals surface area contributed by atoms with Crippen molar-refractivity contribution in [1.29, 1.82) is 0 Å². The summed E-state index contributed by atoms with van der Waals surface area (Å²) in [7, 11) is 1.56. The molecule has 4 rings (SSSR count). The standard InChI is InChI=1S/C14H14O3.2C5H4N2O4.Mg/c1-16-13-9-12(17-14(15)10-13)8-7-11-5-3-2-4-6-11;2*8-3-1-2(4(9)10)6-5(11)7-3;/h2-8,10,12H,9H2,1H3;2*1H,(H,9,10)(H2,6,7,8,11);/q;;;+2/p-2/b8-7+;;;. The van der Waals surface area contributed by atoms with Gasteiger partial charge in [0, 0.05) is 18.6 Å². The first kappa shape index (κ1) is 33.1. The largest absolute Gasteiger partial charge is 2.00 e. The Labute approximate surface area is 239 Å². The number of rotatable bonds is 5. The van der Waals surface area contributed by atoms with Gasteiger partial charge in [-0.1, -0.05) is 36.4 Å². The molecule has 0 spiro atoms. The third-order valence-corrected chi connectivity index (χ3v) is 4.47. The normalized spacial score (nSPS) is 13.7. The SMILES string of the molecule is COC1=CC(=O)OC(/C=C/c2ccccc2)C1.O=C([O-])c1cc(=O)[nH]c(=O)[nH]1.O=C([O-])c1cc(=O)[nH]c(=O)[nH]1.[Mg+2]. The van der Waals surface area contributed by atoms with Crippen molar-refractivity contribution in [3.8, 4) is 0 Å². The van der Waals surface area contributed by atoms with Gasteiger partial charge in [0.1, 0.15) is 11.9 Å². The Morgan fingerprint density at radius 2 is 1.38 bits per heavy atom. The van der Waals surface area contributed by atoms with Crippen molar-refractivity contribution < 1.29 is 34.1 Å². The molecule has 1 aliphatic heterocycles. The molecule has 1 aliphatic rings. The summed E-state index contributed by atoms with van der Waals surface area (Å²) in [4.78, 5) is 80.5. The summed E-state index contributed by atoms with van der Waals surface area (Å²) in [6, 6.07) is 11.3. The molecule has 0 radical (unpaired) electrons. The molecular weight excluding hydrogens is 545 g/mol. The number of cyclic esters (lactones) is 1. The van der Waals surface area contributed by atoms with Gasteiger partial charge in [0.25, 0.3) is 11.1 Å². The van der Waals surface area contributed by atoms with E-state index in [1.807, 2.05) is 62.4 Å². The van der Waals surface area contributed by atoms with E-state index in [2.05, 4.69) is 0 Å². The van der Waals surface area contributed by atoms with E-state index in [4.69, 9.17) is 9.47 Å². The number of nitrogens with one attached hydrogen (secondary N) is 4. The predicted molar refractivity (Wildman–Crippen MR) is 135 cm³/mol. The van der Waals surface area contributed by atoms with Crippen LogP contribution in [0.3, 0.4) is 0 Å². The van der Waals surface area contributed by atoms with Crippen LogP contribution in [-0.2, 0) is 14.3 Å². The second-order valence-corrected chi connectivity index (χ2v) is 7.34. The van der Waals surface area contributed by atoms with Gasteiger partial charge in [-0.15, -0.1) is 0 Å². The number of benzene rings is 1. The van der Waals surface area contributed by atoms with Crippen LogP contribution in [0.1, 0.15) is 33.0 Å². The Morgan fingerprint density at radius 1 is 0.875 bits per heavy atom. The topological polar surface area (TPSA) is 247 Å². The zero-order valence-corrected chi connectivity index (χ0v) is 22.2. The number of carbonyl (C=O) groups is 3. The molecule has 0 saturated carbocycles. The summed E-state index contributed by atoms with van der Waals surface area (Å²) in [5, 5.41) is 20.1. The molecule has 0 bridgehead atoms. The minimum Gasteiger partial charge on any atom is -0.543 e. The average molecular weight is 565 g/mol. The van der Waals surface area contributed by atoms with Gasteiger partial charge in [-0.3, -0.25) is 19.6 Å². The number of hydrogen-bond acceptors (Lipinski definition) is 11. The van der Waals surface area contributed by atoms with E-state index in [1.54, 1.807) is 7.11 Å². The molecule has 3 heterocycles. The molecule has 1 atom stereocenters. The molecule has 1 aromatic carbocycles. The third kappa shape index (κ3) is 11.6. The minimum absolute atomic E-state index is 0. The second-order valence-electron chi connectivity index (χ2n) is 7.34. The van der Waals surface area contributed by atoms with Crippen LogP contribution in [0.5, 0.6) is 0 Å². The van der Waals surface area contributed by atoms with Crippen molar-refractivity contribution in [2.45, 2.75) is 12.5 Å². The molecule has 1 unspecified atom stereocenters. The number of esters is 1. The Balaban J connectivity index is 0.000000308. The molecule has 0 saturated heterocycles. The number of hydrogen-bond donors (Lipinski definition) is 4. The van der Waals surface area contributed by atoms with Gasteiger partial charge in [-0.2, -0.15) is 0 Å². The second kappa shape index (κ2) is 16.1. The number of aromatic carboxylic acids is 2. The predicted octanol–water partition coefficient (Wildman–Crippen LogP) is -2.98. The van der Waals surface area contributed by atoms with Crippen molar-refractivity contribution in [2.75, 3.05) is 7.11 Å². The van der Waals surface area contributed by atoms with Crippen LogP contribution < -0.4 is 32.7 Å². The molecular formula is C24H20MgN4O11.